The molecule has 2 atom stereocenters. The maximum absolute atomic E-state index is 13.0. The molecule has 1 heterocycles. The first-order chi connectivity index (χ1) is 14.5. The highest BCUT2D eigenvalue weighted by atomic mass is 32.2. The summed E-state index contributed by atoms with van der Waals surface area (Å²) < 4.78 is 5.29. The number of rotatable bonds is 7. The molecular formula is C23H29N3O3S. The second-order valence-electron chi connectivity index (χ2n) is 7.33. The number of hydrogen-bond donors (Lipinski definition) is 1. The van der Waals surface area contributed by atoms with Gasteiger partial charge in [0, 0.05) is 20.1 Å². The zero-order valence-corrected chi connectivity index (χ0v) is 18.7. The molecule has 3 amide bonds. The lowest BCUT2D eigenvalue weighted by molar-refractivity contribution is -0.130. The molecule has 30 heavy (non-hydrogen) atoms. The molecule has 3 rings (SSSR count). The van der Waals surface area contributed by atoms with Gasteiger partial charge in [0.25, 0.3) is 0 Å². The topological polar surface area (TPSA) is 61.9 Å². The predicted octanol–water partition coefficient (Wildman–Crippen LogP) is 4.52. The largest absolute Gasteiger partial charge is 0.495 e. The highest BCUT2D eigenvalue weighted by molar-refractivity contribution is 8.01. The Labute approximate surface area is 182 Å². The van der Waals surface area contributed by atoms with Crippen molar-refractivity contribution in [2.75, 3.05) is 32.6 Å². The monoisotopic (exact) mass is 427 g/mol. The van der Waals surface area contributed by atoms with Crippen LogP contribution in [0.25, 0.3) is 0 Å². The number of hydrogen-bond acceptors (Lipinski definition) is 4. The Morgan fingerprint density at radius 1 is 1.20 bits per heavy atom. The van der Waals surface area contributed by atoms with Crippen LogP contribution in [0.5, 0.6) is 5.75 Å². The number of likely N-dealkylation sites (N-methyl/N-ethyl adjacent to an activating group) is 1. The maximum Gasteiger partial charge on any atom is 0.321 e. The minimum atomic E-state index is -0.238. The third kappa shape index (κ3) is 4.73. The van der Waals surface area contributed by atoms with Gasteiger partial charge in [0.2, 0.25) is 5.91 Å². The number of urea groups is 1. The Morgan fingerprint density at radius 3 is 2.60 bits per heavy atom. The lowest BCUT2D eigenvalue weighted by Gasteiger charge is -2.28. The van der Waals surface area contributed by atoms with E-state index < -0.39 is 0 Å². The van der Waals surface area contributed by atoms with E-state index in [1.807, 2.05) is 36.1 Å². The molecular weight excluding hydrogens is 398 g/mol. The van der Waals surface area contributed by atoms with Crippen LogP contribution < -0.4 is 10.1 Å². The summed E-state index contributed by atoms with van der Waals surface area (Å²) in [5, 5.41) is 2.81. The van der Waals surface area contributed by atoms with Crippen molar-refractivity contribution in [1.82, 2.24) is 9.80 Å². The third-order valence-electron chi connectivity index (χ3n) is 5.33. The Balaban J connectivity index is 1.68. The number of aryl methyl sites for hydroxylation is 1. The molecule has 7 heteroatoms. The molecule has 0 aromatic heterocycles. The first-order valence-electron chi connectivity index (χ1n) is 10.1. The van der Waals surface area contributed by atoms with Gasteiger partial charge in [-0.1, -0.05) is 43.3 Å². The summed E-state index contributed by atoms with van der Waals surface area (Å²) in [6.07, 6.45) is 0.798. The number of nitrogens with zero attached hydrogens (tertiary/aromatic N) is 2. The van der Waals surface area contributed by atoms with E-state index in [9.17, 15) is 9.59 Å². The number of ether oxygens (including phenoxy) is 1. The van der Waals surface area contributed by atoms with Gasteiger partial charge in [-0.15, -0.1) is 11.8 Å². The molecule has 6 nitrogen and oxygen atoms in total. The Hall–Kier alpha value is -2.67. The van der Waals surface area contributed by atoms with Gasteiger partial charge < -0.3 is 19.9 Å². The highest BCUT2D eigenvalue weighted by Crippen LogP contribution is 2.44. The molecule has 1 fully saturated rings. The van der Waals surface area contributed by atoms with Crippen LogP contribution in [0.2, 0.25) is 0 Å². The fourth-order valence-electron chi connectivity index (χ4n) is 3.51. The number of carbonyl (C=O) groups is 2. The van der Waals surface area contributed by atoms with E-state index in [-0.39, 0.29) is 22.6 Å². The van der Waals surface area contributed by atoms with Crippen LogP contribution in [0.4, 0.5) is 10.5 Å². The lowest BCUT2D eigenvalue weighted by atomic mass is 10.1. The standard InChI is InChI=1S/C23H29N3O3S/c1-5-20-21(27)26(22(30-20)17-11-7-6-10-16(17)2)15-14-25(3)23(28)24-18-12-8-9-13-19(18)29-4/h6-13,20,22H,5,14-15H2,1-4H3,(H,24,28)/t20-,22-/m1/s1. The molecule has 1 aliphatic rings. The molecule has 0 unspecified atom stereocenters. The van der Waals surface area contributed by atoms with E-state index >= 15 is 0 Å². The zero-order valence-electron chi connectivity index (χ0n) is 17.9. The number of thioether (sulfide) groups is 1. The van der Waals surface area contributed by atoms with E-state index in [4.69, 9.17) is 4.74 Å². The van der Waals surface area contributed by atoms with Crippen molar-refractivity contribution < 1.29 is 14.3 Å². The summed E-state index contributed by atoms with van der Waals surface area (Å²) >= 11 is 1.70. The molecule has 2 aromatic carbocycles. The van der Waals surface area contributed by atoms with E-state index in [1.54, 1.807) is 43.0 Å². The Bertz CT molecular complexity index is 905. The molecule has 0 radical (unpaired) electrons. The van der Waals surface area contributed by atoms with Crippen molar-refractivity contribution in [3.8, 4) is 5.75 Å². The summed E-state index contributed by atoms with van der Waals surface area (Å²) in [4.78, 5) is 29.1. The van der Waals surface area contributed by atoms with Gasteiger partial charge >= 0.3 is 6.03 Å². The first-order valence-corrected chi connectivity index (χ1v) is 11.1. The maximum atomic E-state index is 13.0. The molecule has 160 valence electrons. The van der Waals surface area contributed by atoms with Crippen molar-refractivity contribution in [3.63, 3.8) is 0 Å². The van der Waals surface area contributed by atoms with Crippen LogP contribution in [0.15, 0.2) is 48.5 Å². The first kappa shape index (κ1) is 22.0. The summed E-state index contributed by atoms with van der Waals surface area (Å²) in [6, 6.07) is 15.2. The number of methoxy groups -OCH3 is 1. The average Bonchev–Trinajstić information content (AvgIpc) is 3.07. The number of anilines is 1. The van der Waals surface area contributed by atoms with Gasteiger partial charge in [0.05, 0.1) is 18.0 Å². The van der Waals surface area contributed by atoms with Gasteiger partial charge in [-0.25, -0.2) is 4.79 Å². The van der Waals surface area contributed by atoms with E-state index in [0.717, 1.165) is 12.0 Å². The van der Waals surface area contributed by atoms with E-state index in [1.165, 1.54) is 5.56 Å². The molecule has 2 aromatic rings. The summed E-state index contributed by atoms with van der Waals surface area (Å²) in [6.45, 7) is 5.04. The number of benzene rings is 2. The minimum absolute atomic E-state index is 0.0191. The lowest BCUT2D eigenvalue weighted by Crippen LogP contribution is -2.40. The van der Waals surface area contributed by atoms with Crippen LogP contribution in [0.3, 0.4) is 0 Å². The zero-order chi connectivity index (χ0) is 21.7. The SMILES string of the molecule is CC[C@H]1S[C@H](c2ccccc2C)N(CCN(C)C(=O)Nc2ccccc2OC)C1=O. The number of carbonyl (C=O) groups excluding carboxylic acids is 2. The van der Waals surface area contributed by atoms with Crippen molar-refractivity contribution >= 4 is 29.4 Å². The fraction of sp³-hybridized carbons (Fsp3) is 0.391. The van der Waals surface area contributed by atoms with Gasteiger partial charge in [-0.05, 0) is 36.6 Å². The van der Waals surface area contributed by atoms with Crippen molar-refractivity contribution in [2.45, 2.75) is 30.9 Å². The van der Waals surface area contributed by atoms with Crippen LogP contribution >= 0.6 is 11.8 Å². The van der Waals surface area contributed by atoms with Crippen molar-refractivity contribution in [2.24, 2.45) is 0 Å². The quantitative estimate of drug-likeness (QED) is 0.706. The van der Waals surface area contributed by atoms with Crippen LogP contribution in [0.1, 0.15) is 29.8 Å². The summed E-state index contributed by atoms with van der Waals surface area (Å²) in [5.41, 5.74) is 2.95. The van der Waals surface area contributed by atoms with Gasteiger partial charge in [-0.2, -0.15) is 0 Å². The number of para-hydroxylation sites is 2. The van der Waals surface area contributed by atoms with Crippen molar-refractivity contribution in [3.05, 3.63) is 59.7 Å². The smallest absolute Gasteiger partial charge is 0.321 e. The highest BCUT2D eigenvalue weighted by Gasteiger charge is 2.40. The van der Waals surface area contributed by atoms with Crippen molar-refractivity contribution in [1.29, 1.82) is 0 Å². The summed E-state index contributed by atoms with van der Waals surface area (Å²) in [5.74, 6) is 0.755. The second-order valence-corrected chi connectivity index (χ2v) is 8.61. The van der Waals surface area contributed by atoms with Crippen LogP contribution in [-0.4, -0.2) is 54.2 Å². The second kappa shape index (κ2) is 9.89. The normalized spacial score (nSPS) is 18.4. The molecule has 1 aliphatic heterocycles. The average molecular weight is 428 g/mol. The van der Waals surface area contributed by atoms with E-state index in [0.29, 0.717) is 24.5 Å². The number of nitrogens with one attached hydrogen (secondary N) is 1. The number of amides is 3. The molecule has 0 bridgehead atoms. The fourth-order valence-corrected chi connectivity index (χ4v) is 5.03. The molecule has 1 N–H and O–H groups in total. The Kier molecular flexibility index (Phi) is 7.26. The van der Waals surface area contributed by atoms with Crippen LogP contribution in [-0.2, 0) is 4.79 Å². The van der Waals surface area contributed by atoms with E-state index in [2.05, 4.69) is 24.4 Å². The summed E-state index contributed by atoms with van der Waals surface area (Å²) in [7, 11) is 3.31. The molecule has 0 aliphatic carbocycles. The Morgan fingerprint density at radius 2 is 1.90 bits per heavy atom. The molecule has 1 saturated heterocycles. The molecule has 0 saturated carbocycles. The van der Waals surface area contributed by atoms with Gasteiger partial charge in [0.15, 0.2) is 0 Å². The predicted molar refractivity (Wildman–Crippen MR) is 122 cm³/mol. The third-order valence-corrected chi connectivity index (χ3v) is 6.96. The van der Waals surface area contributed by atoms with Gasteiger partial charge in [-0.3, -0.25) is 4.79 Å². The minimum Gasteiger partial charge on any atom is -0.495 e. The molecule has 0 spiro atoms. The van der Waals surface area contributed by atoms with Crippen LogP contribution in [0, 0.1) is 6.92 Å². The van der Waals surface area contributed by atoms with Gasteiger partial charge in [0.1, 0.15) is 11.1 Å².